The quantitative estimate of drug-likeness (QED) is 0.782. The molecule has 16 heavy (non-hydrogen) atoms. The zero-order chi connectivity index (χ0) is 11.4. The Bertz CT molecular complexity index is 376. The fourth-order valence-corrected chi connectivity index (χ4v) is 1.89. The molecule has 0 bridgehead atoms. The van der Waals surface area contributed by atoms with Crippen LogP contribution in [0.3, 0.4) is 0 Å². The highest BCUT2D eigenvalue weighted by atomic mass is 16.5. The van der Waals surface area contributed by atoms with Gasteiger partial charge in [-0.1, -0.05) is 25.5 Å². The molecule has 0 saturated heterocycles. The molecule has 0 N–H and O–H groups in total. The Hall–Kier alpha value is -1.51. The molecule has 1 amide bonds. The van der Waals surface area contributed by atoms with Gasteiger partial charge in [0.2, 0.25) is 5.91 Å². The van der Waals surface area contributed by atoms with Gasteiger partial charge in [0.1, 0.15) is 12.4 Å². The minimum Gasteiger partial charge on any atom is -0.490 e. The molecule has 1 aliphatic heterocycles. The minimum absolute atomic E-state index is 0.206. The van der Waals surface area contributed by atoms with Crippen molar-refractivity contribution < 1.29 is 9.53 Å². The Morgan fingerprint density at radius 3 is 3.06 bits per heavy atom. The third kappa shape index (κ3) is 2.18. The first-order valence-corrected chi connectivity index (χ1v) is 5.85. The van der Waals surface area contributed by atoms with Gasteiger partial charge in [0.15, 0.2) is 0 Å². The van der Waals surface area contributed by atoms with Crippen molar-refractivity contribution in [3.63, 3.8) is 0 Å². The molecule has 0 aromatic heterocycles. The first-order valence-electron chi connectivity index (χ1n) is 5.85. The van der Waals surface area contributed by atoms with E-state index in [0.29, 0.717) is 19.6 Å². The second-order valence-electron chi connectivity index (χ2n) is 3.97. The van der Waals surface area contributed by atoms with E-state index >= 15 is 0 Å². The smallest absolute Gasteiger partial charge is 0.227 e. The van der Waals surface area contributed by atoms with E-state index in [0.717, 1.165) is 24.3 Å². The Balaban J connectivity index is 2.15. The number of rotatable bonds is 3. The lowest BCUT2D eigenvalue weighted by atomic mass is 10.2. The monoisotopic (exact) mass is 219 g/mol. The average molecular weight is 219 g/mol. The third-order valence-corrected chi connectivity index (χ3v) is 2.77. The highest BCUT2D eigenvalue weighted by molar-refractivity contribution is 5.95. The van der Waals surface area contributed by atoms with Gasteiger partial charge in [-0.3, -0.25) is 4.79 Å². The molecule has 3 nitrogen and oxygen atoms in total. The number of amides is 1. The number of hydrogen-bond acceptors (Lipinski definition) is 2. The van der Waals surface area contributed by atoms with Gasteiger partial charge in [0.25, 0.3) is 0 Å². The highest BCUT2D eigenvalue weighted by Gasteiger charge is 2.22. The summed E-state index contributed by atoms with van der Waals surface area (Å²) in [5.74, 6) is 1.02. The summed E-state index contributed by atoms with van der Waals surface area (Å²) in [7, 11) is 0. The number of hydrogen-bond donors (Lipinski definition) is 0. The predicted molar refractivity (Wildman–Crippen MR) is 63.8 cm³/mol. The molecule has 1 heterocycles. The second kappa shape index (κ2) is 5.01. The lowest BCUT2D eigenvalue weighted by Crippen LogP contribution is -2.37. The second-order valence-corrected chi connectivity index (χ2v) is 3.97. The number of para-hydroxylation sites is 2. The first-order chi connectivity index (χ1) is 7.83. The van der Waals surface area contributed by atoms with E-state index in [-0.39, 0.29) is 5.91 Å². The number of ether oxygens (including phenoxy) is 1. The summed E-state index contributed by atoms with van der Waals surface area (Å²) in [6, 6.07) is 7.72. The Morgan fingerprint density at radius 1 is 1.44 bits per heavy atom. The number of fused-ring (bicyclic) bond motifs is 1. The number of carbonyl (C=O) groups is 1. The van der Waals surface area contributed by atoms with Gasteiger partial charge in [-0.15, -0.1) is 0 Å². The molecule has 1 aromatic carbocycles. The summed E-state index contributed by atoms with van der Waals surface area (Å²) in [4.78, 5) is 13.8. The van der Waals surface area contributed by atoms with Crippen molar-refractivity contribution in [1.82, 2.24) is 0 Å². The Kier molecular flexibility index (Phi) is 3.44. The minimum atomic E-state index is 0.206. The van der Waals surface area contributed by atoms with Gasteiger partial charge in [-0.2, -0.15) is 0 Å². The van der Waals surface area contributed by atoms with E-state index in [2.05, 4.69) is 6.92 Å². The summed E-state index contributed by atoms with van der Waals surface area (Å²) in [6.45, 7) is 3.36. The van der Waals surface area contributed by atoms with Gasteiger partial charge in [0.05, 0.1) is 12.2 Å². The van der Waals surface area contributed by atoms with Crippen LogP contribution in [-0.2, 0) is 4.79 Å². The van der Waals surface area contributed by atoms with Crippen LogP contribution in [-0.4, -0.2) is 19.1 Å². The van der Waals surface area contributed by atoms with Crippen molar-refractivity contribution in [3.8, 4) is 5.75 Å². The lowest BCUT2D eigenvalue weighted by Gasteiger charge is -2.29. The maximum atomic E-state index is 12.0. The molecule has 0 atom stereocenters. The van der Waals surface area contributed by atoms with E-state index in [1.54, 1.807) is 0 Å². The van der Waals surface area contributed by atoms with Crippen LogP contribution in [0.2, 0.25) is 0 Å². The van der Waals surface area contributed by atoms with E-state index in [1.165, 1.54) is 0 Å². The van der Waals surface area contributed by atoms with Crippen LogP contribution in [0.15, 0.2) is 24.3 Å². The zero-order valence-corrected chi connectivity index (χ0v) is 9.61. The number of carbonyl (C=O) groups excluding carboxylic acids is 1. The van der Waals surface area contributed by atoms with Crippen molar-refractivity contribution in [3.05, 3.63) is 24.3 Å². The maximum Gasteiger partial charge on any atom is 0.227 e. The van der Waals surface area contributed by atoms with Crippen LogP contribution in [0, 0.1) is 0 Å². The lowest BCUT2D eigenvalue weighted by molar-refractivity contribution is -0.119. The molecule has 0 spiro atoms. The number of benzene rings is 1. The SMILES string of the molecule is CCCCC(=O)N1CCOc2ccccc21. The molecule has 0 radical (unpaired) electrons. The fourth-order valence-electron chi connectivity index (χ4n) is 1.89. The van der Waals surface area contributed by atoms with Crippen molar-refractivity contribution in [2.24, 2.45) is 0 Å². The molecule has 0 unspecified atom stereocenters. The van der Waals surface area contributed by atoms with Crippen LogP contribution in [0.5, 0.6) is 5.75 Å². The molecule has 3 heteroatoms. The van der Waals surface area contributed by atoms with Gasteiger partial charge in [0, 0.05) is 6.42 Å². The average Bonchev–Trinajstić information content (AvgIpc) is 2.35. The number of unbranched alkanes of at least 4 members (excludes halogenated alkanes) is 1. The van der Waals surface area contributed by atoms with Crippen LogP contribution in [0.25, 0.3) is 0 Å². The molecule has 1 aliphatic rings. The first kappa shape index (κ1) is 11.0. The van der Waals surface area contributed by atoms with Gasteiger partial charge in [-0.25, -0.2) is 0 Å². The summed E-state index contributed by atoms with van der Waals surface area (Å²) in [5.41, 5.74) is 0.912. The van der Waals surface area contributed by atoms with Gasteiger partial charge >= 0.3 is 0 Å². The van der Waals surface area contributed by atoms with E-state index < -0.39 is 0 Å². The third-order valence-electron chi connectivity index (χ3n) is 2.77. The predicted octanol–water partition coefficient (Wildman–Crippen LogP) is 2.60. The van der Waals surface area contributed by atoms with E-state index in [9.17, 15) is 4.79 Å². The van der Waals surface area contributed by atoms with E-state index in [4.69, 9.17) is 4.74 Å². The van der Waals surface area contributed by atoms with Crippen molar-refractivity contribution >= 4 is 11.6 Å². The summed E-state index contributed by atoms with van der Waals surface area (Å²) >= 11 is 0. The molecule has 0 fully saturated rings. The number of nitrogens with zero attached hydrogens (tertiary/aromatic N) is 1. The van der Waals surface area contributed by atoms with Gasteiger partial charge in [-0.05, 0) is 18.6 Å². The summed E-state index contributed by atoms with van der Waals surface area (Å²) in [6.07, 6.45) is 2.64. The maximum absolute atomic E-state index is 12.0. The van der Waals surface area contributed by atoms with Gasteiger partial charge < -0.3 is 9.64 Å². The summed E-state index contributed by atoms with van der Waals surface area (Å²) < 4.78 is 5.51. The summed E-state index contributed by atoms with van der Waals surface area (Å²) in [5, 5.41) is 0. The fraction of sp³-hybridized carbons (Fsp3) is 0.462. The molecular formula is C13H17NO2. The van der Waals surface area contributed by atoms with Crippen LogP contribution < -0.4 is 9.64 Å². The van der Waals surface area contributed by atoms with Crippen molar-refractivity contribution in [2.45, 2.75) is 26.2 Å². The van der Waals surface area contributed by atoms with Crippen LogP contribution in [0.1, 0.15) is 26.2 Å². The number of anilines is 1. The van der Waals surface area contributed by atoms with E-state index in [1.807, 2.05) is 29.2 Å². The van der Waals surface area contributed by atoms with Crippen LogP contribution >= 0.6 is 0 Å². The standard InChI is InChI=1S/C13H17NO2/c1-2-3-8-13(15)14-9-10-16-12-7-5-4-6-11(12)14/h4-7H,2-3,8-10H2,1H3. The Morgan fingerprint density at radius 2 is 2.25 bits per heavy atom. The Labute approximate surface area is 96.0 Å². The van der Waals surface area contributed by atoms with Crippen molar-refractivity contribution in [2.75, 3.05) is 18.1 Å². The zero-order valence-electron chi connectivity index (χ0n) is 9.61. The molecule has 86 valence electrons. The van der Waals surface area contributed by atoms with Crippen LogP contribution in [0.4, 0.5) is 5.69 Å². The highest BCUT2D eigenvalue weighted by Crippen LogP contribution is 2.31. The molecule has 0 aliphatic carbocycles. The topological polar surface area (TPSA) is 29.5 Å². The largest absolute Gasteiger partial charge is 0.490 e. The molecule has 0 saturated carbocycles. The molecule has 2 rings (SSSR count). The normalized spacial score (nSPS) is 14.2. The van der Waals surface area contributed by atoms with Crippen molar-refractivity contribution in [1.29, 1.82) is 0 Å². The molecule has 1 aromatic rings. The molecular weight excluding hydrogens is 202 g/mol.